The first-order chi connectivity index (χ1) is 19.0. The number of nitrogens with zero attached hydrogens (tertiary/aromatic N) is 1. The topological polar surface area (TPSA) is 92.2 Å². The van der Waals surface area contributed by atoms with E-state index in [9.17, 15) is 14.4 Å². The summed E-state index contributed by atoms with van der Waals surface area (Å²) in [5, 5.41) is 8.93. The Kier molecular flexibility index (Phi) is 8.05. The highest BCUT2D eigenvalue weighted by Crippen LogP contribution is 2.30. The van der Waals surface area contributed by atoms with Crippen LogP contribution in [0.1, 0.15) is 42.3 Å². The van der Waals surface area contributed by atoms with Crippen LogP contribution in [-0.2, 0) is 17.3 Å². The van der Waals surface area contributed by atoms with Gasteiger partial charge in [-0.1, -0.05) is 57.7 Å². The molecule has 0 bridgehead atoms. The number of hydrogen-bond donors (Lipinski definition) is 3. The SMILES string of the molecule is C=CC(=O)Nc1cccc(Nc2cc(-c3cccc(NC(=O)c4ccc(C(C)(C)C)cc4)c3C)cn(C)c2=O)c1. The summed E-state index contributed by atoms with van der Waals surface area (Å²) in [6.45, 7) is 11.8. The Balaban J connectivity index is 1.61. The van der Waals surface area contributed by atoms with Crippen LogP contribution in [0.2, 0.25) is 0 Å². The fraction of sp³-hybridized carbons (Fsp3) is 0.182. The summed E-state index contributed by atoms with van der Waals surface area (Å²) < 4.78 is 1.52. The molecule has 0 aliphatic rings. The van der Waals surface area contributed by atoms with Gasteiger partial charge in [0, 0.05) is 41.4 Å². The molecule has 0 saturated heterocycles. The van der Waals surface area contributed by atoms with Crippen molar-refractivity contribution in [3.05, 3.63) is 119 Å². The maximum absolute atomic E-state index is 13.0. The zero-order valence-corrected chi connectivity index (χ0v) is 23.5. The van der Waals surface area contributed by atoms with Gasteiger partial charge in [0.2, 0.25) is 5.91 Å². The lowest BCUT2D eigenvalue weighted by molar-refractivity contribution is -0.111. The molecule has 0 spiro atoms. The molecule has 0 aliphatic heterocycles. The van der Waals surface area contributed by atoms with E-state index in [0.717, 1.165) is 22.3 Å². The van der Waals surface area contributed by atoms with E-state index in [4.69, 9.17) is 0 Å². The van der Waals surface area contributed by atoms with Crippen molar-refractivity contribution >= 4 is 34.6 Å². The van der Waals surface area contributed by atoms with Crippen LogP contribution in [-0.4, -0.2) is 16.4 Å². The minimum absolute atomic E-state index is 0.00760. The van der Waals surface area contributed by atoms with Gasteiger partial charge in [-0.05, 0) is 77.6 Å². The van der Waals surface area contributed by atoms with Crippen molar-refractivity contribution in [2.45, 2.75) is 33.1 Å². The Morgan fingerprint density at radius 3 is 2.23 bits per heavy atom. The van der Waals surface area contributed by atoms with E-state index in [1.165, 1.54) is 10.6 Å². The van der Waals surface area contributed by atoms with Crippen molar-refractivity contribution < 1.29 is 9.59 Å². The number of hydrogen-bond acceptors (Lipinski definition) is 4. The van der Waals surface area contributed by atoms with Crippen LogP contribution in [0.5, 0.6) is 0 Å². The molecule has 3 aromatic carbocycles. The maximum Gasteiger partial charge on any atom is 0.274 e. The fourth-order valence-electron chi connectivity index (χ4n) is 4.37. The van der Waals surface area contributed by atoms with Crippen LogP contribution in [0.4, 0.5) is 22.7 Å². The van der Waals surface area contributed by atoms with Gasteiger partial charge in [-0.3, -0.25) is 14.4 Å². The molecule has 4 rings (SSSR count). The molecule has 2 amide bonds. The lowest BCUT2D eigenvalue weighted by Crippen LogP contribution is -2.19. The van der Waals surface area contributed by atoms with Crippen molar-refractivity contribution in [2.75, 3.05) is 16.0 Å². The number of amides is 2. The van der Waals surface area contributed by atoms with Crippen molar-refractivity contribution in [3.8, 4) is 11.1 Å². The average Bonchev–Trinajstić information content (AvgIpc) is 2.92. The van der Waals surface area contributed by atoms with Gasteiger partial charge >= 0.3 is 0 Å². The lowest BCUT2D eigenvalue weighted by atomic mass is 9.86. The fourth-order valence-corrected chi connectivity index (χ4v) is 4.37. The summed E-state index contributed by atoms with van der Waals surface area (Å²) in [6, 6.07) is 22.2. The number of rotatable bonds is 7. The van der Waals surface area contributed by atoms with E-state index >= 15 is 0 Å². The number of carbonyl (C=O) groups is 2. The van der Waals surface area contributed by atoms with Crippen LogP contribution in [0.25, 0.3) is 11.1 Å². The Morgan fingerprint density at radius 1 is 0.875 bits per heavy atom. The summed E-state index contributed by atoms with van der Waals surface area (Å²) in [5.41, 5.74) is 6.40. The third kappa shape index (κ3) is 6.38. The van der Waals surface area contributed by atoms with E-state index in [0.29, 0.717) is 28.3 Å². The van der Waals surface area contributed by atoms with E-state index in [1.807, 2.05) is 55.5 Å². The van der Waals surface area contributed by atoms with Gasteiger partial charge in [0.15, 0.2) is 0 Å². The Hall–Kier alpha value is -4.91. The highest BCUT2D eigenvalue weighted by atomic mass is 16.2. The molecule has 7 heteroatoms. The minimum atomic E-state index is -0.320. The first-order valence-corrected chi connectivity index (χ1v) is 13.0. The quantitative estimate of drug-likeness (QED) is 0.228. The minimum Gasteiger partial charge on any atom is -0.351 e. The van der Waals surface area contributed by atoms with Crippen LogP contribution in [0.3, 0.4) is 0 Å². The van der Waals surface area contributed by atoms with Gasteiger partial charge in [0.25, 0.3) is 11.5 Å². The molecule has 0 fully saturated rings. The number of benzene rings is 3. The molecule has 0 unspecified atom stereocenters. The number of anilines is 4. The molecule has 3 N–H and O–H groups in total. The molecule has 4 aromatic rings. The molecule has 1 aromatic heterocycles. The van der Waals surface area contributed by atoms with E-state index in [1.54, 1.807) is 37.5 Å². The molecule has 0 radical (unpaired) electrons. The third-order valence-corrected chi connectivity index (χ3v) is 6.68. The first-order valence-electron chi connectivity index (χ1n) is 13.0. The number of pyridine rings is 1. The monoisotopic (exact) mass is 534 g/mol. The van der Waals surface area contributed by atoms with Gasteiger partial charge in [-0.15, -0.1) is 0 Å². The summed E-state index contributed by atoms with van der Waals surface area (Å²) >= 11 is 0. The predicted octanol–water partition coefficient (Wildman–Crippen LogP) is 6.78. The molecule has 0 saturated carbocycles. The maximum atomic E-state index is 13.0. The van der Waals surface area contributed by atoms with Crippen LogP contribution < -0.4 is 21.5 Å². The number of aryl methyl sites for hydroxylation is 1. The molecule has 1 heterocycles. The summed E-state index contributed by atoms with van der Waals surface area (Å²) in [7, 11) is 1.69. The summed E-state index contributed by atoms with van der Waals surface area (Å²) in [4.78, 5) is 37.7. The van der Waals surface area contributed by atoms with E-state index in [-0.39, 0.29) is 22.8 Å². The second-order valence-corrected chi connectivity index (χ2v) is 10.7. The smallest absolute Gasteiger partial charge is 0.274 e. The van der Waals surface area contributed by atoms with Crippen molar-refractivity contribution in [1.82, 2.24) is 4.57 Å². The number of nitrogens with one attached hydrogen (secondary N) is 3. The van der Waals surface area contributed by atoms with E-state index in [2.05, 4.69) is 43.3 Å². The van der Waals surface area contributed by atoms with Crippen molar-refractivity contribution in [1.29, 1.82) is 0 Å². The summed E-state index contributed by atoms with van der Waals surface area (Å²) in [5.74, 6) is -0.508. The van der Waals surface area contributed by atoms with Crippen molar-refractivity contribution in [3.63, 3.8) is 0 Å². The largest absolute Gasteiger partial charge is 0.351 e. The van der Waals surface area contributed by atoms with Crippen LogP contribution in [0, 0.1) is 6.92 Å². The molecule has 0 aliphatic carbocycles. The Labute approximate surface area is 234 Å². The first kappa shape index (κ1) is 28.1. The van der Waals surface area contributed by atoms with Gasteiger partial charge in [0.1, 0.15) is 5.69 Å². The molecular weight excluding hydrogens is 500 g/mol. The predicted molar refractivity (Wildman–Crippen MR) is 164 cm³/mol. The van der Waals surface area contributed by atoms with Crippen LogP contribution in [0.15, 0.2) is 96.4 Å². The standard InChI is InChI=1S/C33H34N4O3/c1-7-30(38)35-26-11-8-10-25(19-26)34-29-18-23(20-37(6)32(29)40)27-12-9-13-28(21(27)2)36-31(39)22-14-16-24(17-15-22)33(3,4)5/h7-20,34H,1H2,2-6H3,(H,35,38)(H,36,39). The second kappa shape index (κ2) is 11.5. The number of carbonyl (C=O) groups excluding carboxylic acids is 2. The highest BCUT2D eigenvalue weighted by Gasteiger charge is 2.16. The molecule has 40 heavy (non-hydrogen) atoms. The average molecular weight is 535 g/mol. The van der Waals surface area contributed by atoms with Gasteiger partial charge < -0.3 is 20.5 Å². The Bertz CT molecular complexity index is 1640. The Morgan fingerprint density at radius 2 is 1.55 bits per heavy atom. The normalized spacial score (nSPS) is 11.0. The van der Waals surface area contributed by atoms with Gasteiger partial charge in [-0.2, -0.15) is 0 Å². The molecule has 7 nitrogen and oxygen atoms in total. The third-order valence-electron chi connectivity index (χ3n) is 6.68. The summed E-state index contributed by atoms with van der Waals surface area (Å²) in [6.07, 6.45) is 2.97. The van der Waals surface area contributed by atoms with Gasteiger partial charge in [-0.25, -0.2) is 0 Å². The van der Waals surface area contributed by atoms with Gasteiger partial charge in [0.05, 0.1) is 0 Å². The molecule has 204 valence electrons. The zero-order chi connectivity index (χ0) is 29.0. The highest BCUT2D eigenvalue weighted by molar-refractivity contribution is 6.05. The van der Waals surface area contributed by atoms with Crippen LogP contribution >= 0.6 is 0 Å². The van der Waals surface area contributed by atoms with Crippen molar-refractivity contribution in [2.24, 2.45) is 7.05 Å². The molecule has 0 atom stereocenters. The zero-order valence-electron chi connectivity index (χ0n) is 23.5. The van der Waals surface area contributed by atoms with E-state index < -0.39 is 0 Å². The molecular formula is C33H34N4O3. The second-order valence-electron chi connectivity index (χ2n) is 10.7. The number of aromatic nitrogens is 1. The lowest BCUT2D eigenvalue weighted by Gasteiger charge is -2.19.